The van der Waals surface area contributed by atoms with E-state index in [1.165, 1.54) is 35.3 Å². The molecule has 166 valence electrons. The van der Waals surface area contributed by atoms with Crippen LogP contribution in [-0.4, -0.2) is 46.9 Å². The van der Waals surface area contributed by atoms with Crippen LogP contribution in [0.15, 0.2) is 60.3 Å². The number of benzene rings is 2. The minimum atomic E-state index is -0.868. The quantitative estimate of drug-likeness (QED) is 0.669. The Hall–Kier alpha value is -3.94. The minimum absolute atomic E-state index is 0.0377. The van der Waals surface area contributed by atoms with Crippen LogP contribution in [0.2, 0.25) is 0 Å². The molecule has 5 nitrogen and oxygen atoms in total. The minimum Gasteiger partial charge on any atom is -0.339 e. The van der Waals surface area contributed by atoms with Crippen LogP contribution >= 0.6 is 0 Å². The number of carbonyl (C=O) groups is 3. The van der Waals surface area contributed by atoms with Crippen molar-refractivity contribution in [1.82, 2.24) is 9.80 Å². The Kier molecular flexibility index (Phi) is 5.00. The molecule has 1 amide bonds. The number of likely N-dealkylation sites (tertiary alicyclic amines) is 1. The molecule has 3 heterocycles. The van der Waals surface area contributed by atoms with Crippen LogP contribution in [0.4, 0.5) is 13.2 Å². The van der Waals surface area contributed by atoms with Crippen molar-refractivity contribution in [2.24, 2.45) is 0 Å². The maximum Gasteiger partial charge on any atom is 0.253 e. The van der Waals surface area contributed by atoms with E-state index in [1.54, 1.807) is 11.0 Å². The average Bonchev–Trinajstić information content (AvgIpc) is 2.74. The van der Waals surface area contributed by atoms with E-state index < -0.39 is 29.0 Å². The second kappa shape index (κ2) is 7.88. The zero-order valence-electron chi connectivity index (χ0n) is 17.3. The third-order valence-electron chi connectivity index (χ3n) is 5.96. The van der Waals surface area contributed by atoms with Gasteiger partial charge in [-0.1, -0.05) is 12.1 Å². The molecule has 8 heteroatoms. The number of fused-ring (bicyclic) bond motifs is 1. The van der Waals surface area contributed by atoms with Gasteiger partial charge in [-0.15, -0.1) is 0 Å². The van der Waals surface area contributed by atoms with Crippen molar-refractivity contribution in [2.75, 3.05) is 19.6 Å². The summed E-state index contributed by atoms with van der Waals surface area (Å²) in [6.07, 6.45) is 5.51. The van der Waals surface area contributed by atoms with Gasteiger partial charge >= 0.3 is 0 Å². The Morgan fingerprint density at radius 3 is 2.30 bits per heavy atom. The van der Waals surface area contributed by atoms with Gasteiger partial charge in [-0.25, -0.2) is 13.2 Å². The molecule has 0 saturated carbocycles. The number of allylic oxidation sites excluding steroid dienone is 4. The zero-order chi connectivity index (χ0) is 23.3. The highest BCUT2D eigenvalue weighted by atomic mass is 19.1. The van der Waals surface area contributed by atoms with E-state index in [9.17, 15) is 23.2 Å². The fourth-order valence-corrected chi connectivity index (χ4v) is 4.15. The smallest absolute Gasteiger partial charge is 0.253 e. The van der Waals surface area contributed by atoms with Crippen molar-refractivity contribution in [1.29, 1.82) is 0 Å². The number of rotatable bonds is 3. The number of ketones is 2. The molecular weight excluding hydrogens is 433 g/mol. The van der Waals surface area contributed by atoms with Crippen molar-refractivity contribution in [3.63, 3.8) is 0 Å². The summed E-state index contributed by atoms with van der Waals surface area (Å²) in [6.45, 7) is 0.858. The molecule has 3 aliphatic rings. The molecule has 33 heavy (non-hydrogen) atoms. The van der Waals surface area contributed by atoms with Crippen LogP contribution in [-0.2, 0) is 9.59 Å². The van der Waals surface area contributed by atoms with Crippen LogP contribution in [0.25, 0.3) is 11.3 Å². The fraction of sp³-hybridized carbons (Fsp3) is 0.160. The molecule has 1 fully saturated rings. The summed E-state index contributed by atoms with van der Waals surface area (Å²) in [5.74, 6) is -4.36. The molecule has 0 spiro atoms. The molecule has 0 aromatic heterocycles. The number of Topliss-reactive ketones (excluding diaryl/α,β-unsaturated/α-hetero) is 2. The highest BCUT2D eigenvalue weighted by Crippen LogP contribution is 2.37. The normalized spacial score (nSPS) is 17.7. The average molecular weight is 450 g/mol. The van der Waals surface area contributed by atoms with Gasteiger partial charge in [0.25, 0.3) is 5.91 Å². The zero-order valence-corrected chi connectivity index (χ0v) is 17.3. The van der Waals surface area contributed by atoms with E-state index in [4.69, 9.17) is 0 Å². The van der Waals surface area contributed by atoms with Crippen molar-refractivity contribution >= 4 is 28.7 Å². The van der Waals surface area contributed by atoms with Crippen molar-refractivity contribution < 1.29 is 27.6 Å². The summed E-state index contributed by atoms with van der Waals surface area (Å²) >= 11 is 0. The number of hydrogen-bond acceptors (Lipinski definition) is 4. The predicted octanol–water partition coefficient (Wildman–Crippen LogP) is 3.73. The van der Waals surface area contributed by atoms with E-state index >= 15 is 4.39 Å². The van der Waals surface area contributed by atoms with Crippen molar-refractivity contribution in [2.45, 2.75) is 6.42 Å². The molecule has 2 aromatic rings. The van der Waals surface area contributed by atoms with Gasteiger partial charge in [0.2, 0.25) is 11.6 Å². The number of halogens is 3. The summed E-state index contributed by atoms with van der Waals surface area (Å²) in [5, 5.41) is 0. The molecule has 0 unspecified atom stereocenters. The Balaban J connectivity index is 1.60. The first-order valence-corrected chi connectivity index (χ1v) is 10.4. The molecule has 0 bridgehead atoms. The lowest BCUT2D eigenvalue weighted by molar-refractivity contribution is -0.134. The largest absolute Gasteiger partial charge is 0.339 e. The molecular formula is C25H17F3N2O3. The first-order valence-electron chi connectivity index (χ1n) is 10.4. The van der Waals surface area contributed by atoms with E-state index in [0.717, 1.165) is 24.6 Å². The van der Waals surface area contributed by atoms with Crippen LogP contribution in [0.1, 0.15) is 27.9 Å². The lowest BCUT2D eigenvalue weighted by Gasteiger charge is -2.35. The Labute approximate surface area is 187 Å². The van der Waals surface area contributed by atoms with Crippen LogP contribution in [0, 0.1) is 17.5 Å². The van der Waals surface area contributed by atoms with Gasteiger partial charge in [0.15, 0.2) is 0 Å². The molecule has 3 aliphatic heterocycles. The molecule has 0 atom stereocenters. The third-order valence-corrected chi connectivity index (χ3v) is 5.96. The standard InChI is InChI=1S/C25H17F3N2O3/c26-15-6-8-16(19(28)12-15)20-3-1-4-21-23(24(32)22(31)13-30(20)21)17-7-5-14(11-18(17)27)25(33)29-9-2-10-29/h1,3-8,11-12H,2,9-10,13H2. The SMILES string of the molecule is O=C1CN2C(c3ccc(F)cc3F)=CC=CC2=C(c2ccc(C(=O)N3CCC3)cc2F)C1=O. The summed E-state index contributed by atoms with van der Waals surface area (Å²) in [6, 6.07) is 6.85. The van der Waals surface area contributed by atoms with Crippen LogP contribution in [0.3, 0.4) is 0 Å². The lowest BCUT2D eigenvalue weighted by Crippen LogP contribution is -2.42. The van der Waals surface area contributed by atoms with Gasteiger partial charge in [0.05, 0.1) is 23.5 Å². The van der Waals surface area contributed by atoms with E-state index in [0.29, 0.717) is 13.1 Å². The van der Waals surface area contributed by atoms with Crippen LogP contribution in [0.5, 0.6) is 0 Å². The topological polar surface area (TPSA) is 57.7 Å². The third kappa shape index (κ3) is 3.47. The van der Waals surface area contributed by atoms with Gasteiger partial charge in [0.1, 0.15) is 17.5 Å². The van der Waals surface area contributed by atoms with E-state index in [2.05, 4.69) is 0 Å². The van der Waals surface area contributed by atoms with Crippen LogP contribution < -0.4 is 0 Å². The van der Waals surface area contributed by atoms with Crippen molar-refractivity contribution in [3.05, 3.63) is 94.5 Å². The Bertz CT molecular complexity index is 1320. The second-order valence-corrected chi connectivity index (χ2v) is 7.97. The number of amides is 1. The molecule has 0 N–H and O–H groups in total. The number of hydrogen-bond donors (Lipinski definition) is 0. The fourth-order valence-electron chi connectivity index (χ4n) is 4.15. The number of nitrogens with zero attached hydrogens (tertiary/aromatic N) is 2. The van der Waals surface area contributed by atoms with Crippen molar-refractivity contribution in [3.8, 4) is 0 Å². The highest BCUT2D eigenvalue weighted by molar-refractivity contribution is 6.56. The Morgan fingerprint density at radius 2 is 1.64 bits per heavy atom. The maximum absolute atomic E-state index is 15.1. The van der Waals surface area contributed by atoms with Gasteiger partial charge in [-0.2, -0.15) is 0 Å². The van der Waals surface area contributed by atoms with E-state index in [1.807, 2.05) is 0 Å². The summed E-state index contributed by atoms with van der Waals surface area (Å²) in [5.41, 5.74) is 0.362. The first-order chi connectivity index (χ1) is 15.8. The Morgan fingerprint density at radius 1 is 0.909 bits per heavy atom. The maximum atomic E-state index is 15.1. The van der Waals surface area contributed by atoms with Gasteiger partial charge in [-0.3, -0.25) is 14.4 Å². The van der Waals surface area contributed by atoms with Gasteiger partial charge < -0.3 is 9.80 Å². The van der Waals surface area contributed by atoms with Gasteiger partial charge in [0, 0.05) is 35.8 Å². The number of carbonyl (C=O) groups excluding carboxylic acids is 3. The highest BCUT2D eigenvalue weighted by Gasteiger charge is 2.37. The molecule has 5 rings (SSSR count). The summed E-state index contributed by atoms with van der Waals surface area (Å²) in [4.78, 5) is 40.8. The molecule has 2 aromatic carbocycles. The molecule has 1 saturated heterocycles. The summed E-state index contributed by atoms with van der Waals surface area (Å²) < 4.78 is 43.0. The van der Waals surface area contributed by atoms with Gasteiger partial charge in [-0.05, 0) is 42.8 Å². The molecule has 0 aliphatic carbocycles. The monoisotopic (exact) mass is 450 g/mol. The molecule has 0 radical (unpaired) electrons. The summed E-state index contributed by atoms with van der Waals surface area (Å²) in [7, 11) is 0. The predicted molar refractivity (Wildman–Crippen MR) is 114 cm³/mol. The second-order valence-electron chi connectivity index (χ2n) is 7.97. The lowest BCUT2D eigenvalue weighted by atomic mass is 9.89. The first kappa shape index (κ1) is 20.9. The van der Waals surface area contributed by atoms with E-state index in [-0.39, 0.29) is 46.1 Å².